The largest absolute Gasteiger partial charge is 0.492 e. The second-order valence-corrected chi connectivity index (χ2v) is 7.98. The van der Waals surface area contributed by atoms with Gasteiger partial charge in [-0.2, -0.15) is 5.10 Å². The SMILES string of the molecule is Cn1cc(-c2ccc3c(c2)C2(CCN(C(=O)C4(F)CCC4)C2)CO3)cn1. The Labute approximate surface area is 151 Å². The lowest BCUT2D eigenvalue weighted by atomic mass is 9.80. The number of amides is 1. The number of aromatic nitrogens is 2. The molecule has 3 heterocycles. The minimum Gasteiger partial charge on any atom is -0.492 e. The normalized spacial score (nSPS) is 25.8. The fourth-order valence-corrected chi connectivity index (χ4v) is 4.48. The van der Waals surface area contributed by atoms with E-state index in [1.807, 2.05) is 31.6 Å². The summed E-state index contributed by atoms with van der Waals surface area (Å²) >= 11 is 0. The monoisotopic (exact) mass is 355 g/mol. The van der Waals surface area contributed by atoms with E-state index in [2.05, 4.69) is 11.2 Å². The summed E-state index contributed by atoms with van der Waals surface area (Å²) in [5, 5.41) is 4.24. The average molecular weight is 355 g/mol. The molecule has 1 amide bonds. The number of hydrogen-bond donors (Lipinski definition) is 0. The minimum atomic E-state index is -1.62. The maximum absolute atomic E-state index is 14.6. The van der Waals surface area contributed by atoms with Crippen LogP contribution in [0.1, 0.15) is 31.2 Å². The lowest BCUT2D eigenvalue weighted by molar-refractivity contribution is -0.149. The van der Waals surface area contributed by atoms with E-state index in [9.17, 15) is 9.18 Å². The van der Waals surface area contributed by atoms with Crippen molar-refractivity contribution in [2.75, 3.05) is 19.7 Å². The number of aryl methyl sites for hydroxylation is 1. The summed E-state index contributed by atoms with van der Waals surface area (Å²) in [6.45, 7) is 1.70. The van der Waals surface area contributed by atoms with Crippen LogP contribution in [0, 0.1) is 0 Å². The van der Waals surface area contributed by atoms with Gasteiger partial charge in [0.05, 0.1) is 18.2 Å². The fraction of sp³-hybridized carbons (Fsp3) is 0.500. The molecule has 2 fully saturated rings. The van der Waals surface area contributed by atoms with Gasteiger partial charge in [-0.25, -0.2) is 4.39 Å². The third-order valence-electron chi connectivity index (χ3n) is 6.26. The van der Waals surface area contributed by atoms with Crippen molar-refractivity contribution in [2.45, 2.75) is 36.8 Å². The van der Waals surface area contributed by atoms with Gasteiger partial charge in [0.15, 0.2) is 5.67 Å². The molecule has 3 aliphatic rings. The minimum absolute atomic E-state index is 0.219. The molecule has 1 aliphatic carbocycles. The van der Waals surface area contributed by atoms with Gasteiger partial charge < -0.3 is 9.64 Å². The van der Waals surface area contributed by atoms with Crippen molar-refractivity contribution < 1.29 is 13.9 Å². The molecule has 1 spiro atoms. The Bertz CT molecular complexity index is 889. The van der Waals surface area contributed by atoms with Crippen LogP contribution in [0.15, 0.2) is 30.6 Å². The maximum atomic E-state index is 14.6. The highest BCUT2D eigenvalue weighted by Gasteiger charge is 2.53. The Morgan fingerprint density at radius 1 is 1.27 bits per heavy atom. The molecule has 136 valence electrons. The second kappa shape index (κ2) is 5.32. The molecule has 2 aliphatic heterocycles. The topological polar surface area (TPSA) is 47.4 Å². The van der Waals surface area contributed by atoms with Crippen LogP contribution < -0.4 is 4.74 Å². The molecule has 5 rings (SSSR count). The Balaban J connectivity index is 1.45. The summed E-state index contributed by atoms with van der Waals surface area (Å²) < 4.78 is 22.3. The number of rotatable bonds is 2. The van der Waals surface area contributed by atoms with Crippen molar-refractivity contribution in [3.8, 4) is 16.9 Å². The summed E-state index contributed by atoms with van der Waals surface area (Å²) in [5.74, 6) is 0.558. The van der Waals surface area contributed by atoms with E-state index < -0.39 is 5.67 Å². The molecule has 0 bridgehead atoms. The van der Waals surface area contributed by atoms with Gasteiger partial charge >= 0.3 is 0 Å². The van der Waals surface area contributed by atoms with Gasteiger partial charge in [0, 0.05) is 37.5 Å². The molecule has 1 aromatic heterocycles. The van der Waals surface area contributed by atoms with Crippen LogP contribution >= 0.6 is 0 Å². The van der Waals surface area contributed by atoms with Gasteiger partial charge in [-0.15, -0.1) is 0 Å². The first kappa shape index (κ1) is 15.9. The van der Waals surface area contributed by atoms with E-state index in [-0.39, 0.29) is 11.3 Å². The van der Waals surface area contributed by atoms with E-state index in [0.29, 0.717) is 32.5 Å². The van der Waals surface area contributed by atoms with E-state index in [0.717, 1.165) is 35.3 Å². The van der Waals surface area contributed by atoms with Gasteiger partial charge in [-0.05, 0) is 43.4 Å². The van der Waals surface area contributed by atoms with E-state index in [1.165, 1.54) is 0 Å². The molecule has 1 saturated carbocycles. The molecular weight excluding hydrogens is 333 g/mol. The highest BCUT2D eigenvalue weighted by Crippen LogP contribution is 2.47. The van der Waals surface area contributed by atoms with Crippen molar-refractivity contribution in [3.63, 3.8) is 0 Å². The zero-order valence-corrected chi connectivity index (χ0v) is 14.9. The molecule has 26 heavy (non-hydrogen) atoms. The average Bonchev–Trinajstić information content (AvgIpc) is 3.32. The van der Waals surface area contributed by atoms with Crippen LogP contribution in [0.25, 0.3) is 11.1 Å². The zero-order chi connectivity index (χ0) is 17.9. The number of hydrogen-bond acceptors (Lipinski definition) is 3. The van der Waals surface area contributed by atoms with Gasteiger partial charge in [0.25, 0.3) is 5.91 Å². The number of ether oxygens (including phenoxy) is 1. The van der Waals surface area contributed by atoms with E-state index >= 15 is 0 Å². The molecule has 1 aromatic carbocycles. The molecule has 5 nitrogen and oxygen atoms in total. The smallest absolute Gasteiger partial charge is 0.260 e. The highest BCUT2D eigenvalue weighted by atomic mass is 19.1. The summed E-state index contributed by atoms with van der Waals surface area (Å²) in [4.78, 5) is 14.3. The van der Waals surface area contributed by atoms with Crippen LogP contribution in [-0.4, -0.2) is 46.0 Å². The first-order valence-electron chi connectivity index (χ1n) is 9.24. The lowest BCUT2D eigenvalue weighted by Crippen LogP contribution is -2.50. The predicted molar refractivity (Wildman–Crippen MR) is 94.7 cm³/mol. The van der Waals surface area contributed by atoms with Crippen LogP contribution in [0.5, 0.6) is 5.75 Å². The second-order valence-electron chi connectivity index (χ2n) is 7.98. The molecule has 1 unspecified atom stereocenters. The number of benzene rings is 1. The Hall–Kier alpha value is -2.37. The van der Waals surface area contributed by atoms with Crippen molar-refractivity contribution >= 4 is 5.91 Å². The summed E-state index contributed by atoms with van der Waals surface area (Å²) in [7, 11) is 1.90. The zero-order valence-electron chi connectivity index (χ0n) is 14.9. The fourth-order valence-electron chi connectivity index (χ4n) is 4.48. The lowest BCUT2D eigenvalue weighted by Gasteiger charge is -2.36. The number of carbonyl (C=O) groups excluding carboxylic acids is 1. The molecule has 1 atom stereocenters. The Morgan fingerprint density at radius 2 is 2.12 bits per heavy atom. The predicted octanol–water partition coefficient (Wildman–Crippen LogP) is 2.84. The number of alkyl halides is 1. The molecule has 2 aromatic rings. The molecule has 0 N–H and O–H groups in total. The van der Waals surface area contributed by atoms with Gasteiger partial charge in [-0.1, -0.05) is 6.07 Å². The number of likely N-dealkylation sites (tertiary alicyclic amines) is 1. The first-order chi connectivity index (χ1) is 12.5. The Morgan fingerprint density at radius 3 is 2.81 bits per heavy atom. The van der Waals surface area contributed by atoms with Crippen molar-refractivity contribution in [1.29, 1.82) is 0 Å². The molecular formula is C20H22FN3O2. The van der Waals surface area contributed by atoms with Crippen LogP contribution in [0.3, 0.4) is 0 Å². The molecule has 0 radical (unpaired) electrons. The quantitative estimate of drug-likeness (QED) is 0.832. The summed E-state index contributed by atoms with van der Waals surface area (Å²) in [5.41, 5.74) is 1.44. The highest BCUT2D eigenvalue weighted by molar-refractivity contribution is 5.86. The molecule has 6 heteroatoms. The summed E-state index contributed by atoms with van der Waals surface area (Å²) in [6.07, 6.45) is 6.19. The van der Waals surface area contributed by atoms with Crippen molar-refractivity contribution in [3.05, 3.63) is 36.2 Å². The van der Waals surface area contributed by atoms with E-state index in [1.54, 1.807) is 9.58 Å². The van der Waals surface area contributed by atoms with Crippen LogP contribution in [0.4, 0.5) is 4.39 Å². The van der Waals surface area contributed by atoms with Gasteiger partial charge in [0.1, 0.15) is 5.75 Å². The van der Waals surface area contributed by atoms with Crippen molar-refractivity contribution in [2.24, 2.45) is 7.05 Å². The number of nitrogens with zero attached hydrogens (tertiary/aromatic N) is 3. The summed E-state index contributed by atoms with van der Waals surface area (Å²) in [6, 6.07) is 6.19. The van der Waals surface area contributed by atoms with Crippen LogP contribution in [0.2, 0.25) is 0 Å². The van der Waals surface area contributed by atoms with Gasteiger partial charge in [0.2, 0.25) is 0 Å². The maximum Gasteiger partial charge on any atom is 0.260 e. The Kier molecular flexibility index (Phi) is 3.24. The van der Waals surface area contributed by atoms with Crippen LogP contribution in [-0.2, 0) is 17.3 Å². The van der Waals surface area contributed by atoms with Crippen molar-refractivity contribution in [1.82, 2.24) is 14.7 Å². The third-order valence-corrected chi connectivity index (χ3v) is 6.26. The standard InChI is InChI=1S/C20H22FN3O2/c1-23-11-15(10-22-23)14-3-4-17-16(9-14)19(13-26-17)7-8-24(12-19)18(25)20(21)5-2-6-20/h3-4,9-11H,2,5-8,12-13H2,1H3. The first-order valence-corrected chi connectivity index (χ1v) is 9.24. The molecule has 1 saturated heterocycles. The number of fused-ring (bicyclic) bond motifs is 2. The van der Waals surface area contributed by atoms with E-state index in [4.69, 9.17) is 4.74 Å². The number of carbonyl (C=O) groups is 1. The third kappa shape index (κ3) is 2.20. The van der Waals surface area contributed by atoms with Gasteiger partial charge in [-0.3, -0.25) is 9.48 Å². The number of halogens is 1.